The molecular formula is C21H22Br2N4O6. The van der Waals surface area contributed by atoms with Crippen LogP contribution in [0.3, 0.4) is 0 Å². The van der Waals surface area contributed by atoms with E-state index in [1.165, 1.54) is 12.4 Å². The maximum absolute atomic E-state index is 11.9. The first-order valence-electron chi connectivity index (χ1n) is 9.69. The summed E-state index contributed by atoms with van der Waals surface area (Å²) in [6.45, 7) is 4.30. The summed E-state index contributed by atoms with van der Waals surface area (Å²) in [5.74, 6) is -0.828. The van der Waals surface area contributed by atoms with Crippen molar-refractivity contribution in [2.45, 2.75) is 20.3 Å². The molecule has 4 N–H and O–H groups in total. The van der Waals surface area contributed by atoms with Gasteiger partial charge in [-0.15, -0.1) is 0 Å². The molecular weight excluding hydrogens is 564 g/mol. The van der Waals surface area contributed by atoms with Crippen molar-refractivity contribution in [1.29, 1.82) is 0 Å². The van der Waals surface area contributed by atoms with Crippen molar-refractivity contribution in [1.82, 2.24) is 10.9 Å². The van der Waals surface area contributed by atoms with Crippen molar-refractivity contribution in [3.63, 3.8) is 0 Å². The van der Waals surface area contributed by atoms with Crippen LogP contribution < -0.4 is 20.3 Å². The molecule has 176 valence electrons. The Morgan fingerprint density at radius 1 is 0.848 bits per heavy atom. The van der Waals surface area contributed by atoms with E-state index in [1.807, 2.05) is 0 Å². The fraction of sp³-hybridized carbons (Fsp3) is 0.238. The molecule has 0 fully saturated rings. The minimum Gasteiger partial charge on any atom is -0.503 e. The van der Waals surface area contributed by atoms with Gasteiger partial charge in [0, 0.05) is 0 Å². The molecule has 0 unspecified atom stereocenters. The van der Waals surface area contributed by atoms with E-state index >= 15 is 0 Å². The van der Waals surface area contributed by atoms with Crippen LogP contribution >= 0.6 is 31.9 Å². The number of aromatic hydroxyl groups is 2. The fourth-order valence-electron chi connectivity index (χ4n) is 2.45. The number of halogens is 2. The molecule has 0 aliphatic heterocycles. The van der Waals surface area contributed by atoms with Crippen molar-refractivity contribution < 1.29 is 29.3 Å². The summed E-state index contributed by atoms with van der Waals surface area (Å²) in [6.07, 6.45) is 2.19. The minimum atomic E-state index is -0.646. The molecule has 0 bridgehead atoms. The number of benzene rings is 2. The van der Waals surface area contributed by atoms with E-state index < -0.39 is 18.2 Å². The van der Waals surface area contributed by atoms with E-state index in [-0.39, 0.29) is 23.0 Å². The first kappa shape index (κ1) is 26.1. The Kier molecular flexibility index (Phi) is 10.1. The Bertz CT molecular complexity index is 992. The quantitative estimate of drug-likeness (QED) is 0.191. The molecule has 12 heteroatoms. The number of rotatable bonds is 10. The lowest BCUT2D eigenvalue weighted by Gasteiger charge is -2.08. The number of ether oxygens (including phenoxy) is 2. The molecule has 0 aliphatic rings. The van der Waals surface area contributed by atoms with Gasteiger partial charge in [0.2, 0.25) is 11.8 Å². The first-order valence-corrected chi connectivity index (χ1v) is 11.3. The molecule has 2 amide bonds. The topological polar surface area (TPSA) is 142 Å². The zero-order chi connectivity index (χ0) is 24.4. The molecule has 0 aliphatic carbocycles. The van der Waals surface area contributed by atoms with Crippen LogP contribution in [0.2, 0.25) is 0 Å². The van der Waals surface area contributed by atoms with Crippen molar-refractivity contribution in [2.75, 3.05) is 13.2 Å². The van der Waals surface area contributed by atoms with E-state index in [4.69, 9.17) is 9.47 Å². The number of hydrazone groups is 2. The van der Waals surface area contributed by atoms with Gasteiger partial charge in [0.1, 0.15) is 6.42 Å². The smallest absolute Gasteiger partial charge is 0.249 e. The van der Waals surface area contributed by atoms with Crippen LogP contribution in [0, 0.1) is 0 Å². The van der Waals surface area contributed by atoms with Gasteiger partial charge in [0.05, 0.1) is 34.6 Å². The number of nitrogens with one attached hydrogen (secondary N) is 2. The van der Waals surface area contributed by atoms with E-state index in [9.17, 15) is 19.8 Å². The third kappa shape index (κ3) is 8.06. The summed E-state index contributed by atoms with van der Waals surface area (Å²) in [6, 6.07) is 6.29. The second-order valence-corrected chi connectivity index (χ2v) is 8.04. The number of carbonyl (C=O) groups excluding carboxylic acids is 2. The Morgan fingerprint density at radius 3 is 1.61 bits per heavy atom. The number of nitrogens with zero attached hydrogens (tertiary/aromatic N) is 2. The Labute approximate surface area is 206 Å². The monoisotopic (exact) mass is 584 g/mol. The fourth-order valence-corrected chi connectivity index (χ4v) is 3.37. The third-order valence-electron chi connectivity index (χ3n) is 3.83. The summed E-state index contributed by atoms with van der Waals surface area (Å²) in [5, 5.41) is 27.4. The molecule has 0 spiro atoms. The van der Waals surface area contributed by atoms with Crippen molar-refractivity contribution >= 4 is 56.1 Å². The van der Waals surface area contributed by atoms with E-state index in [1.54, 1.807) is 38.1 Å². The van der Waals surface area contributed by atoms with Crippen LogP contribution in [0.15, 0.2) is 43.4 Å². The second-order valence-electron chi connectivity index (χ2n) is 6.33. The molecule has 0 atom stereocenters. The molecule has 33 heavy (non-hydrogen) atoms. The predicted octanol–water partition coefficient (Wildman–Crippen LogP) is 3.41. The number of carbonyl (C=O) groups is 2. The Morgan fingerprint density at radius 2 is 1.24 bits per heavy atom. The van der Waals surface area contributed by atoms with Gasteiger partial charge in [0.25, 0.3) is 0 Å². The molecule has 2 aromatic rings. The zero-order valence-corrected chi connectivity index (χ0v) is 20.9. The molecule has 0 saturated heterocycles. The summed E-state index contributed by atoms with van der Waals surface area (Å²) in [7, 11) is 0. The molecule has 0 heterocycles. The van der Waals surface area contributed by atoms with E-state index in [0.29, 0.717) is 33.3 Å². The highest BCUT2D eigenvalue weighted by molar-refractivity contribution is 9.10. The highest BCUT2D eigenvalue weighted by Crippen LogP contribution is 2.35. The molecule has 10 nitrogen and oxygen atoms in total. The molecule has 0 saturated carbocycles. The van der Waals surface area contributed by atoms with Gasteiger partial charge in [-0.1, -0.05) is 0 Å². The van der Waals surface area contributed by atoms with Crippen molar-refractivity contribution in [3.8, 4) is 23.0 Å². The lowest BCUT2D eigenvalue weighted by atomic mass is 10.2. The van der Waals surface area contributed by atoms with Crippen molar-refractivity contribution in [3.05, 3.63) is 44.3 Å². The summed E-state index contributed by atoms with van der Waals surface area (Å²) < 4.78 is 11.5. The molecule has 2 aromatic carbocycles. The number of hydrogen-bond donors (Lipinski definition) is 4. The van der Waals surface area contributed by atoms with Gasteiger partial charge < -0.3 is 19.7 Å². The predicted molar refractivity (Wildman–Crippen MR) is 130 cm³/mol. The maximum Gasteiger partial charge on any atom is 0.249 e. The highest BCUT2D eigenvalue weighted by Gasteiger charge is 2.11. The highest BCUT2D eigenvalue weighted by atomic mass is 79.9. The van der Waals surface area contributed by atoms with Crippen LogP contribution in [0.1, 0.15) is 31.4 Å². The molecule has 0 radical (unpaired) electrons. The lowest BCUT2D eigenvalue weighted by molar-refractivity contribution is -0.129. The SMILES string of the molecule is CCOc1cc(/C=N/NC(=O)CC(=O)N/N=C/c2cc(Br)c(O)c(OCC)c2)cc(Br)c1O. The zero-order valence-electron chi connectivity index (χ0n) is 17.8. The van der Waals surface area contributed by atoms with Crippen LogP contribution in [0.4, 0.5) is 0 Å². The average Bonchev–Trinajstić information content (AvgIpc) is 2.75. The third-order valence-corrected chi connectivity index (χ3v) is 5.04. The van der Waals surface area contributed by atoms with Gasteiger partial charge in [0.15, 0.2) is 23.0 Å². The Hall–Kier alpha value is -3.12. The summed E-state index contributed by atoms with van der Waals surface area (Å²) >= 11 is 6.43. The second kappa shape index (κ2) is 12.8. The van der Waals surface area contributed by atoms with Gasteiger partial charge in [-0.25, -0.2) is 10.9 Å². The standard InChI is InChI=1S/C21H22Br2N4O6/c1-3-32-16-7-12(5-14(22)20(16)30)10-24-26-18(28)9-19(29)27-25-11-13-6-15(23)21(31)17(8-13)33-4-2/h5-8,10-11,30-31H,3-4,9H2,1-2H3,(H,26,28)(H,27,29)/b24-10+,25-11+. The average molecular weight is 586 g/mol. The minimum absolute atomic E-state index is 0.0379. The number of hydrogen-bond acceptors (Lipinski definition) is 8. The van der Waals surface area contributed by atoms with Gasteiger partial charge in [-0.3, -0.25) is 9.59 Å². The van der Waals surface area contributed by atoms with Gasteiger partial charge in [-0.2, -0.15) is 10.2 Å². The van der Waals surface area contributed by atoms with Crippen molar-refractivity contribution in [2.24, 2.45) is 10.2 Å². The summed E-state index contributed by atoms with van der Waals surface area (Å²) in [4.78, 5) is 23.8. The van der Waals surface area contributed by atoms with Gasteiger partial charge >= 0.3 is 0 Å². The Balaban J connectivity index is 1.88. The van der Waals surface area contributed by atoms with Crippen LogP contribution in [-0.4, -0.2) is 47.7 Å². The normalized spacial score (nSPS) is 11.0. The molecule has 0 aromatic heterocycles. The maximum atomic E-state index is 11.9. The lowest BCUT2D eigenvalue weighted by Crippen LogP contribution is -2.27. The largest absolute Gasteiger partial charge is 0.503 e. The summed E-state index contributed by atoms with van der Waals surface area (Å²) in [5.41, 5.74) is 5.60. The van der Waals surface area contributed by atoms with E-state index in [2.05, 4.69) is 52.9 Å². The number of amides is 2. The van der Waals surface area contributed by atoms with Gasteiger partial charge in [-0.05, 0) is 81.1 Å². The van der Waals surface area contributed by atoms with Crippen LogP contribution in [-0.2, 0) is 9.59 Å². The van der Waals surface area contributed by atoms with E-state index in [0.717, 1.165) is 0 Å². The van der Waals surface area contributed by atoms with Crippen LogP contribution in [0.25, 0.3) is 0 Å². The number of phenolic OH excluding ortho intramolecular Hbond substituents is 2. The number of phenols is 2. The first-order chi connectivity index (χ1) is 15.7. The van der Waals surface area contributed by atoms with Crippen LogP contribution in [0.5, 0.6) is 23.0 Å². The molecule has 2 rings (SSSR count).